The van der Waals surface area contributed by atoms with Gasteiger partial charge in [0.15, 0.2) is 5.82 Å². The molecular weight excluding hydrogens is 310 g/mol. The standard InChI is InChI=1S/C17H15N3O2S/c21-12-7-5-11(6-8-12)9-10-18-17(23)15-19-14-4-2-1-3-13(14)16(22)20-15/h1-8,21H,9-10H2,(H,18,23)(H,19,20,22). The molecule has 1 aromatic heterocycles. The molecule has 0 unspecified atom stereocenters. The molecule has 2 aromatic carbocycles. The van der Waals surface area contributed by atoms with E-state index in [0.29, 0.717) is 28.3 Å². The Hall–Kier alpha value is -2.73. The molecule has 0 saturated heterocycles. The Labute approximate surface area is 138 Å². The molecular formula is C17H15N3O2S. The number of hydrogen-bond donors (Lipinski definition) is 3. The summed E-state index contributed by atoms with van der Waals surface area (Å²) in [6, 6.07) is 14.2. The number of aromatic hydroxyl groups is 1. The van der Waals surface area contributed by atoms with Gasteiger partial charge in [0.25, 0.3) is 5.56 Å². The first-order chi connectivity index (χ1) is 11.1. The Kier molecular flexibility index (Phi) is 4.34. The molecule has 0 bridgehead atoms. The zero-order chi connectivity index (χ0) is 16.2. The van der Waals surface area contributed by atoms with Crippen LogP contribution in [-0.4, -0.2) is 26.6 Å². The third-order valence-electron chi connectivity index (χ3n) is 3.46. The van der Waals surface area contributed by atoms with E-state index in [1.54, 1.807) is 30.3 Å². The van der Waals surface area contributed by atoms with Crippen molar-refractivity contribution in [1.29, 1.82) is 0 Å². The van der Waals surface area contributed by atoms with Crippen LogP contribution in [-0.2, 0) is 6.42 Å². The largest absolute Gasteiger partial charge is 0.508 e. The van der Waals surface area contributed by atoms with Gasteiger partial charge in [-0.05, 0) is 36.2 Å². The van der Waals surface area contributed by atoms with Gasteiger partial charge in [-0.2, -0.15) is 0 Å². The molecule has 6 heteroatoms. The summed E-state index contributed by atoms with van der Waals surface area (Å²) in [5.41, 5.74) is 1.50. The van der Waals surface area contributed by atoms with Crippen molar-refractivity contribution >= 4 is 28.1 Å². The Morgan fingerprint density at radius 2 is 1.91 bits per heavy atom. The summed E-state index contributed by atoms with van der Waals surface area (Å²) in [5, 5.41) is 12.9. The van der Waals surface area contributed by atoms with Crippen molar-refractivity contribution in [3.05, 3.63) is 70.3 Å². The highest BCUT2D eigenvalue weighted by atomic mass is 32.1. The second-order valence-electron chi connectivity index (χ2n) is 5.10. The molecule has 1 heterocycles. The monoisotopic (exact) mass is 325 g/mol. The fraction of sp³-hybridized carbons (Fsp3) is 0.118. The molecule has 0 aliphatic rings. The maximum atomic E-state index is 12.0. The first kappa shape index (κ1) is 15.2. The molecule has 0 atom stereocenters. The predicted molar refractivity (Wildman–Crippen MR) is 93.9 cm³/mol. The second-order valence-corrected chi connectivity index (χ2v) is 5.51. The van der Waals surface area contributed by atoms with Crippen molar-refractivity contribution in [2.45, 2.75) is 6.42 Å². The van der Waals surface area contributed by atoms with Crippen LogP contribution in [0, 0.1) is 0 Å². The zero-order valence-electron chi connectivity index (χ0n) is 12.2. The molecule has 3 rings (SSSR count). The number of aromatic nitrogens is 2. The minimum absolute atomic E-state index is 0.201. The molecule has 3 aromatic rings. The van der Waals surface area contributed by atoms with Gasteiger partial charge in [-0.15, -0.1) is 0 Å². The van der Waals surface area contributed by atoms with Crippen molar-refractivity contribution in [3.63, 3.8) is 0 Å². The highest BCUT2D eigenvalue weighted by Gasteiger charge is 2.07. The van der Waals surface area contributed by atoms with E-state index in [2.05, 4.69) is 15.3 Å². The van der Waals surface area contributed by atoms with E-state index in [-0.39, 0.29) is 11.3 Å². The highest BCUT2D eigenvalue weighted by molar-refractivity contribution is 7.80. The van der Waals surface area contributed by atoms with E-state index in [1.807, 2.05) is 18.2 Å². The van der Waals surface area contributed by atoms with Crippen LogP contribution in [0.4, 0.5) is 0 Å². The minimum atomic E-state index is -0.201. The molecule has 0 radical (unpaired) electrons. The predicted octanol–water partition coefficient (Wildman–Crippen LogP) is 2.14. The molecule has 116 valence electrons. The Morgan fingerprint density at radius 1 is 1.17 bits per heavy atom. The molecule has 0 aliphatic heterocycles. The quantitative estimate of drug-likeness (QED) is 0.641. The Morgan fingerprint density at radius 3 is 2.70 bits per heavy atom. The number of phenolic OH excluding ortho intramolecular Hbond substituents is 1. The van der Waals surface area contributed by atoms with Crippen molar-refractivity contribution in [2.24, 2.45) is 0 Å². The van der Waals surface area contributed by atoms with E-state index in [4.69, 9.17) is 12.2 Å². The average Bonchev–Trinajstić information content (AvgIpc) is 2.56. The number of para-hydroxylation sites is 1. The third-order valence-corrected chi connectivity index (χ3v) is 3.80. The number of fused-ring (bicyclic) bond motifs is 1. The van der Waals surface area contributed by atoms with Crippen LogP contribution < -0.4 is 10.9 Å². The summed E-state index contributed by atoms with van der Waals surface area (Å²) in [5.74, 6) is 0.615. The number of hydrogen-bond acceptors (Lipinski definition) is 4. The van der Waals surface area contributed by atoms with Crippen molar-refractivity contribution < 1.29 is 5.11 Å². The van der Waals surface area contributed by atoms with Gasteiger partial charge in [-0.3, -0.25) is 4.79 Å². The molecule has 23 heavy (non-hydrogen) atoms. The fourth-order valence-corrected chi connectivity index (χ4v) is 2.46. The van der Waals surface area contributed by atoms with Crippen LogP contribution in [0.25, 0.3) is 10.9 Å². The fourth-order valence-electron chi connectivity index (χ4n) is 2.26. The number of benzene rings is 2. The van der Waals surface area contributed by atoms with Crippen LogP contribution in [0.15, 0.2) is 53.3 Å². The lowest BCUT2D eigenvalue weighted by Gasteiger charge is -2.08. The van der Waals surface area contributed by atoms with Crippen LogP contribution in [0.3, 0.4) is 0 Å². The van der Waals surface area contributed by atoms with E-state index >= 15 is 0 Å². The molecule has 0 aliphatic carbocycles. The first-order valence-corrected chi connectivity index (χ1v) is 7.59. The lowest BCUT2D eigenvalue weighted by Crippen LogP contribution is -2.28. The lowest BCUT2D eigenvalue weighted by atomic mass is 10.1. The number of thiocarbonyl (C=S) groups is 1. The van der Waals surface area contributed by atoms with Gasteiger partial charge >= 0.3 is 0 Å². The summed E-state index contributed by atoms with van der Waals surface area (Å²) in [6.07, 6.45) is 0.748. The van der Waals surface area contributed by atoms with Gasteiger partial charge in [0.1, 0.15) is 10.7 Å². The minimum Gasteiger partial charge on any atom is -0.508 e. The van der Waals surface area contributed by atoms with Gasteiger partial charge in [-0.1, -0.05) is 36.5 Å². The second kappa shape index (κ2) is 6.58. The zero-order valence-corrected chi connectivity index (χ0v) is 13.1. The normalized spacial score (nSPS) is 10.6. The van der Waals surface area contributed by atoms with Crippen molar-refractivity contribution in [2.75, 3.05) is 6.54 Å². The molecule has 0 amide bonds. The summed E-state index contributed by atoms with van der Waals surface area (Å²) in [7, 11) is 0. The summed E-state index contributed by atoms with van der Waals surface area (Å²) in [6.45, 7) is 0.611. The SMILES string of the molecule is O=c1[nH]c(C(=S)NCCc2ccc(O)cc2)nc2ccccc12. The van der Waals surface area contributed by atoms with Crippen LogP contribution >= 0.6 is 12.2 Å². The van der Waals surface area contributed by atoms with Gasteiger partial charge in [0, 0.05) is 6.54 Å². The van der Waals surface area contributed by atoms with Gasteiger partial charge in [0.2, 0.25) is 0 Å². The number of phenols is 1. The van der Waals surface area contributed by atoms with Crippen molar-refractivity contribution in [1.82, 2.24) is 15.3 Å². The average molecular weight is 325 g/mol. The Balaban J connectivity index is 1.68. The number of H-pyrrole nitrogens is 1. The summed E-state index contributed by atoms with van der Waals surface area (Å²) in [4.78, 5) is 19.5. The van der Waals surface area contributed by atoms with E-state index in [1.165, 1.54) is 0 Å². The Bertz CT molecular complexity index is 904. The van der Waals surface area contributed by atoms with E-state index in [0.717, 1.165) is 12.0 Å². The number of aromatic amines is 1. The van der Waals surface area contributed by atoms with Gasteiger partial charge < -0.3 is 15.4 Å². The molecule has 5 nitrogen and oxygen atoms in total. The summed E-state index contributed by atoms with van der Waals surface area (Å²) >= 11 is 5.30. The van der Waals surface area contributed by atoms with Crippen LogP contribution in [0.1, 0.15) is 11.4 Å². The van der Waals surface area contributed by atoms with Crippen LogP contribution in [0.2, 0.25) is 0 Å². The topological polar surface area (TPSA) is 78.0 Å². The molecule has 0 spiro atoms. The van der Waals surface area contributed by atoms with Gasteiger partial charge in [-0.25, -0.2) is 4.98 Å². The smallest absolute Gasteiger partial charge is 0.259 e. The van der Waals surface area contributed by atoms with E-state index < -0.39 is 0 Å². The molecule has 0 fully saturated rings. The van der Waals surface area contributed by atoms with Crippen molar-refractivity contribution in [3.8, 4) is 5.75 Å². The highest BCUT2D eigenvalue weighted by Crippen LogP contribution is 2.10. The number of nitrogens with zero attached hydrogens (tertiary/aromatic N) is 1. The van der Waals surface area contributed by atoms with Crippen LogP contribution in [0.5, 0.6) is 5.75 Å². The van der Waals surface area contributed by atoms with Gasteiger partial charge in [0.05, 0.1) is 10.9 Å². The lowest BCUT2D eigenvalue weighted by molar-refractivity contribution is 0.475. The molecule has 3 N–H and O–H groups in total. The third kappa shape index (κ3) is 3.54. The maximum absolute atomic E-state index is 12.0. The maximum Gasteiger partial charge on any atom is 0.259 e. The number of nitrogens with one attached hydrogen (secondary N) is 2. The number of rotatable bonds is 4. The molecule has 0 saturated carbocycles. The van der Waals surface area contributed by atoms with E-state index in [9.17, 15) is 9.90 Å². The first-order valence-electron chi connectivity index (χ1n) is 7.18. The summed E-state index contributed by atoms with van der Waals surface area (Å²) < 4.78 is 0.